The minimum absolute atomic E-state index is 0.0212. The van der Waals surface area contributed by atoms with Crippen molar-refractivity contribution in [3.63, 3.8) is 0 Å². The Morgan fingerprint density at radius 2 is 1.46 bits per heavy atom. The Morgan fingerprint density at radius 3 is 2.08 bits per heavy atom. The van der Waals surface area contributed by atoms with E-state index >= 15 is 0 Å². The Balaban J connectivity index is 1.81. The molecule has 0 fully saturated rings. The number of Topliss-reactive ketones (excluding diaryl/α,β-unsaturated/α-hetero) is 1. The lowest BCUT2D eigenvalue weighted by Gasteiger charge is -2.18. The average Bonchev–Trinajstić information content (AvgIpc) is 2.69. The smallest absolute Gasteiger partial charge is 0.164 e. The molecule has 1 unspecified atom stereocenters. The topological polar surface area (TPSA) is 46.2 Å². The zero-order valence-corrected chi connectivity index (χ0v) is 15.4. The van der Waals surface area contributed by atoms with Crippen molar-refractivity contribution in [2.24, 2.45) is 0 Å². The van der Waals surface area contributed by atoms with Crippen molar-refractivity contribution in [3.8, 4) is 0 Å². The molecule has 0 bridgehead atoms. The molecule has 132 valence electrons. The lowest BCUT2D eigenvalue weighted by Crippen LogP contribution is -2.26. The lowest BCUT2D eigenvalue weighted by atomic mass is 9.99. The van der Waals surface area contributed by atoms with Crippen molar-refractivity contribution in [1.82, 2.24) is 4.72 Å². The van der Waals surface area contributed by atoms with Gasteiger partial charge in [-0.05, 0) is 24.6 Å². The summed E-state index contributed by atoms with van der Waals surface area (Å²) in [7, 11) is -1.40. The lowest BCUT2D eigenvalue weighted by molar-refractivity contribution is 0.0972. The normalized spacial score (nSPS) is 13.1. The largest absolute Gasteiger partial charge is 0.294 e. The number of aryl methyl sites for hydroxylation is 1. The predicted octanol–water partition coefficient (Wildman–Crippen LogP) is 4.62. The Bertz CT molecular complexity index is 877. The molecule has 0 aliphatic heterocycles. The van der Waals surface area contributed by atoms with Gasteiger partial charge in [-0.25, -0.2) is 8.93 Å². The summed E-state index contributed by atoms with van der Waals surface area (Å²) in [6, 6.07) is 26.1. The first-order chi connectivity index (χ1) is 12.6. The van der Waals surface area contributed by atoms with E-state index in [-0.39, 0.29) is 18.2 Å². The van der Waals surface area contributed by atoms with Gasteiger partial charge in [0.15, 0.2) is 5.78 Å². The van der Waals surface area contributed by atoms with E-state index in [1.54, 1.807) is 12.1 Å². The van der Waals surface area contributed by atoms with E-state index in [1.165, 1.54) is 0 Å². The number of ketones is 1. The van der Waals surface area contributed by atoms with Crippen LogP contribution in [0.3, 0.4) is 0 Å². The van der Waals surface area contributed by atoms with Gasteiger partial charge in [-0.15, -0.1) is 0 Å². The van der Waals surface area contributed by atoms with E-state index in [4.69, 9.17) is 0 Å². The van der Waals surface area contributed by atoms with E-state index < -0.39 is 11.0 Å². The fourth-order valence-electron chi connectivity index (χ4n) is 2.70. The maximum atomic E-state index is 12.7. The SMILES string of the molecule is Cc1ccc(S(=O)N[C@H](CC(=O)c2ccccc2)c2ccccc2)cc1. The first kappa shape index (κ1) is 18.2. The van der Waals surface area contributed by atoms with Gasteiger partial charge in [0.1, 0.15) is 11.0 Å². The van der Waals surface area contributed by atoms with Crippen LogP contribution in [0, 0.1) is 6.92 Å². The second-order valence-electron chi connectivity index (χ2n) is 6.16. The van der Waals surface area contributed by atoms with E-state index in [2.05, 4.69) is 4.72 Å². The van der Waals surface area contributed by atoms with E-state index in [0.717, 1.165) is 11.1 Å². The Labute approximate surface area is 156 Å². The monoisotopic (exact) mass is 363 g/mol. The van der Waals surface area contributed by atoms with Crippen LogP contribution in [0.15, 0.2) is 89.8 Å². The number of rotatable bonds is 7. The third kappa shape index (κ3) is 4.75. The van der Waals surface area contributed by atoms with E-state index in [1.807, 2.05) is 79.7 Å². The highest BCUT2D eigenvalue weighted by Gasteiger charge is 2.19. The van der Waals surface area contributed by atoms with Crippen LogP contribution in [0.2, 0.25) is 0 Å². The van der Waals surface area contributed by atoms with E-state index in [9.17, 15) is 9.00 Å². The van der Waals surface area contributed by atoms with Crippen LogP contribution >= 0.6 is 0 Å². The number of hydrogen-bond acceptors (Lipinski definition) is 2. The summed E-state index contributed by atoms with van der Waals surface area (Å²) in [6.07, 6.45) is 0.242. The molecule has 0 aliphatic carbocycles. The van der Waals surface area contributed by atoms with Crippen molar-refractivity contribution in [1.29, 1.82) is 0 Å². The highest BCUT2D eigenvalue weighted by atomic mass is 32.2. The molecule has 0 saturated heterocycles. The van der Waals surface area contributed by atoms with Gasteiger partial charge in [-0.2, -0.15) is 0 Å². The van der Waals surface area contributed by atoms with Gasteiger partial charge in [-0.3, -0.25) is 4.79 Å². The second kappa shape index (κ2) is 8.70. The highest BCUT2D eigenvalue weighted by Crippen LogP contribution is 2.21. The van der Waals surface area contributed by atoms with Gasteiger partial charge in [0.05, 0.1) is 10.9 Å². The minimum Gasteiger partial charge on any atom is -0.294 e. The van der Waals surface area contributed by atoms with Crippen molar-refractivity contribution in [2.75, 3.05) is 0 Å². The van der Waals surface area contributed by atoms with Gasteiger partial charge in [0, 0.05) is 12.0 Å². The van der Waals surface area contributed by atoms with Crippen molar-refractivity contribution >= 4 is 16.8 Å². The summed E-state index contributed by atoms with van der Waals surface area (Å²) < 4.78 is 15.9. The number of carbonyl (C=O) groups is 1. The summed E-state index contributed by atoms with van der Waals surface area (Å²) in [5.41, 5.74) is 2.72. The molecule has 3 aromatic carbocycles. The van der Waals surface area contributed by atoms with Crippen LogP contribution in [-0.2, 0) is 11.0 Å². The van der Waals surface area contributed by atoms with Crippen molar-refractivity contribution < 1.29 is 9.00 Å². The summed E-state index contributed by atoms with van der Waals surface area (Å²) in [6.45, 7) is 1.99. The molecule has 0 radical (unpaired) electrons. The molecular weight excluding hydrogens is 342 g/mol. The average molecular weight is 363 g/mol. The minimum atomic E-state index is -1.40. The van der Waals surface area contributed by atoms with Crippen molar-refractivity contribution in [2.45, 2.75) is 24.3 Å². The molecule has 0 heterocycles. The van der Waals surface area contributed by atoms with Crippen molar-refractivity contribution in [3.05, 3.63) is 102 Å². The fraction of sp³-hybridized carbons (Fsp3) is 0.136. The van der Waals surface area contributed by atoms with Gasteiger partial charge in [-0.1, -0.05) is 78.4 Å². The Hall–Kier alpha value is -2.56. The number of carbonyl (C=O) groups excluding carboxylic acids is 1. The third-order valence-corrected chi connectivity index (χ3v) is 5.37. The summed E-state index contributed by atoms with van der Waals surface area (Å²) in [5, 5.41) is 0. The molecule has 0 spiro atoms. The maximum Gasteiger partial charge on any atom is 0.164 e. The van der Waals surface area contributed by atoms with Crippen LogP contribution in [0.5, 0.6) is 0 Å². The summed E-state index contributed by atoms with van der Waals surface area (Å²) >= 11 is 0. The Morgan fingerprint density at radius 1 is 0.885 bits per heavy atom. The maximum absolute atomic E-state index is 12.7. The summed E-state index contributed by atoms with van der Waals surface area (Å²) in [5.74, 6) is 0.0212. The third-order valence-electron chi connectivity index (χ3n) is 4.17. The number of hydrogen-bond donors (Lipinski definition) is 1. The second-order valence-corrected chi connectivity index (χ2v) is 7.40. The van der Waals surface area contributed by atoms with E-state index in [0.29, 0.717) is 10.5 Å². The molecule has 0 saturated carbocycles. The standard InChI is InChI=1S/C22H21NO2S/c1-17-12-14-20(15-13-17)26(25)23-21(18-8-4-2-5-9-18)16-22(24)19-10-6-3-7-11-19/h2-15,21,23H,16H2,1H3/t21-,26?/m1/s1. The molecule has 2 atom stereocenters. The summed E-state index contributed by atoms with van der Waals surface area (Å²) in [4.78, 5) is 13.3. The predicted molar refractivity (Wildman–Crippen MR) is 105 cm³/mol. The molecular formula is C22H21NO2S. The molecule has 3 aromatic rings. The van der Waals surface area contributed by atoms with Crippen LogP contribution in [0.25, 0.3) is 0 Å². The first-order valence-corrected chi connectivity index (χ1v) is 9.66. The zero-order valence-electron chi connectivity index (χ0n) is 14.6. The number of benzene rings is 3. The zero-order chi connectivity index (χ0) is 18.4. The van der Waals surface area contributed by atoms with Crippen LogP contribution in [0.4, 0.5) is 0 Å². The molecule has 0 aliphatic rings. The quantitative estimate of drug-likeness (QED) is 0.623. The molecule has 0 amide bonds. The van der Waals surface area contributed by atoms with Crippen LogP contribution < -0.4 is 4.72 Å². The molecule has 4 heteroatoms. The van der Waals surface area contributed by atoms with Gasteiger partial charge in [0.2, 0.25) is 0 Å². The molecule has 26 heavy (non-hydrogen) atoms. The van der Waals surface area contributed by atoms with Crippen LogP contribution in [0.1, 0.15) is 33.9 Å². The molecule has 1 N–H and O–H groups in total. The van der Waals surface area contributed by atoms with Crippen LogP contribution in [-0.4, -0.2) is 9.99 Å². The van der Waals surface area contributed by atoms with Gasteiger partial charge in [0.25, 0.3) is 0 Å². The van der Waals surface area contributed by atoms with Gasteiger partial charge < -0.3 is 0 Å². The molecule has 3 nitrogen and oxygen atoms in total. The Kier molecular flexibility index (Phi) is 6.10. The fourth-order valence-corrected chi connectivity index (χ4v) is 3.70. The van der Waals surface area contributed by atoms with Gasteiger partial charge >= 0.3 is 0 Å². The number of nitrogens with one attached hydrogen (secondary N) is 1. The first-order valence-electron chi connectivity index (χ1n) is 8.51. The molecule has 3 rings (SSSR count). The molecule has 0 aromatic heterocycles. The highest BCUT2D eigenvalue weighted by molar-refractivity contribution is 7.83.